The first-order valence-electron chi connectivity index (χ1n) is 9.36. The molecule has 1 amide bonds. The van der Waals surface area contributed by atoms with Crippen molar-refractivity contribution in [3.05, 3.63) is 29.8 Å². The number of hydrogen-bond acceptors (Lipinski definition) is 3. The molecule has 1 aliphatic heterocycles. The van der Waals surface area contributed by atoms with Gasteiger partial charge in [-0.05, 0) is 68.6 Å². The zero-order chi connectivity index (χ0) is 17.6. The molecule has 1 aromatic carbocycles. The summed E-state index contributed by atoms with van der Waals surface area (Å²) in [5.74, 6) is 1.22. The van der Waals surface area contributed by atoms with Gasteiger partial charge in [0.25, 0.3) is 5.91 Å². The Morgan fingerprint density at radius 2 is 1.72 bits per heavy atom. The van der Waals surface area contributed by atoms with Gasteiger partial charge in [-0.2, -0.15) is 4.31 Å². The highest BCUT2D eigenvalue weighted by atomic mass is 32.2. The lowest BCUT2D eigenvalue weighted by atomic mass is 10.0. The van der Waals surface area contributed by atoms with Crippen molar-refractivity contribution in [2.75, 3.05) is 20.1 Å². The van der Waals surface area contributed by atoms with E-state index < -0.39 is 10.0 Å². The molecule has 0 N–H and O–H groups in total. The maximum absolute atomic E-state index is 13.0. The number of rotatable bonds is 6. The predicted molar refractivity (Wildman–Crippen MR) is 95.8 cm³/mol. The molecule has 0 atom stereocenters. The third-order valence-corrected chi connectivity index (χ3v) is 7.66. The number of carbonyl (C=O) groups is 1. The second-order valence-corrected chi connectivity index (χ2v) is 9.66. The van der Waals surface area contributed by atoms with Gasteiger partial charge < -0.3 is 4.90 Å². The zero-order valence-corrected chi connectivity index (χ0v) is 15.5. The Bertz CT molecular complexity index is 751. The summed E-state index contributed by atoms with van der Waals surface area (Å²) < 4.78 is 27.0. The lowest BCUT2D eigenvalue weighted by Crippen LogP contribution is -2.40. The quantitative estimate of drug-likeness (QED) is 0.782. The van der Waals surface area contributed by atoms with E-state index in [1.54, 1.807) is 24.3 Å². The normalized spacial score (nSPS) is 21.7. The molecule has 25 heavy (non-hydrogen) atoms. The average Bonchev–Trinajstić information content (AvgIpc) is 3.55. The third kappa shape index (κ3) is 3.34. The first-order chi connectivity index (χ1) is 12.0. The van der Waals surface area contributed by atoms with Crippen LogP contribution in [0.2, 0.25) is 0 Å². The molecular weight excluding hydrogens is 336 g/mol. The summed E-state index contributed by atoms with van der Waals surface area (Å²) in [4.78, 5) is 15.1. The van der Waals surface area contributed by atoms with E-state index in [0.29, 0.717) is 36.5 Å². The van der Waals surface area contributed by atoms with Crippen molar-refractivity contribution < 1.29 is 13.2 Å². The second kappa shape index (κ2) is 6.40. The van der Waals surface area contributed by atoms with Gasteiger partial charge in [0.05, 0.1) is 4.90 Å². The fraction of sp³-hybridized carbons (Fsp3) is 0.632. The Balaban J connectivity index is 1.57. The molecule has 1 aromatic rings. The van der Waals surface area contributed by atoms with Gasteiger partial charge in [0, 0.05) is 31.7 Å². The van der Waals surface area contributed by atoms with Gasteiger partial charge in [-0.1, -0.05) is 6.07 Å². The number of sulfonamides is 1. The SMILES string of the molecule is CN(C(=O)c1cccc(S(=O)(=O)N2CCCC2)c1)C(C1CC1)C1CC1. The molecule has 2 saturated carbocycles. The van der Waals surface area contributed by atoms with E-state index in [0.717, 1.165) is 12.8 Å². The molecule has 0 spiro atoms. The molecular formula is C19H26N2O3S. The summed E-state index contributed by atoms with van der Waals surface area (Å²) in [6.07, 6.45) is 6.66. The molecule has 0 radical (unpaired) electrons. The van der Waals surface area contributed by atoms with Crippen molar-refractivity contribution in [1.29, 1.82) is 0 Å². The molecule has 3 fully saturated rings. The van der Waals surface area contributed by atoms with E-state index in [1.165, 1.54) is 30.0 Å². The average molecular weight is 362 g/mol. The Morgan fingerprint density at radius 3 is 2.28 bits per heavy atom. The maximum atomic E-state index is 13.0. The molecule has 4 rings (SSSR count). The van der Waals surface area contributed by atoms with Crippen LogP contribution in [-0.4, -0.2) is 49.7 Å². The van der Waals surface area contributed by atoms with Crippen LogP contribution < -0.4 is 0 Å². The standard InChI is InChI=1S/C19H26N2O3S/c1-20(18(14-7-8-14)15-9-10-15)19(22)16-5-4-6-17(13-16)25(23,24)21-11-2-3-12-21/h4-6,13-15,18H,2-3,7-12H2,1H3. The van der Waals surface area contributed by atoms with Gasteiger partial charge in [-0.25, -0.2) is 8.42 Å². The summed E-state index contributed by atoms with van der Waals surface area (Å²) in [6.45, 7) is 1.15. The molecule has 136 valence electrons. The van der Waals surface area contributed by atoms with Gasteiger partial charge >= 0.3 is 0 Å². The topological polar surface area (TPSA) is 57.7 Å². The molecule has 5 nitrogen and oxygen atoms in total. The van der Waals surface area contributed by atoms with E-state index in [4.69, 9.17) is 0 Å². The van der Waals surface area contributed by atoms with Gasteiger partial charge in [0.15, 0.2) is 0 Å². The number of amides is 1. The fourth-order valence-electron chi connectivity index (χ4n) is 4.10. The third-order valence-electron chi connectivity index (χ3n) is 5.76. The first-order valence-corrected chi connectivity index (χ1v) is 10.8. The molecule has 1 heterocycles. The van der Waals surface area contributed by atoms with Crippen LogP contribution in [0.4, 0.5) is 0 Å². The Morgan fingerprint density at radius 1 is 1.12 bits per heavy atom. The Hall–Kier alpha value is -1.40. The van der Waals surface area contributed by atoms with E-state index in [-0.39, 0.29) is 10.8 Å². The number of carbonyl (C=O) groups excluding carboxylic acids is 1. The summed E-state index contributed by atoms with van der Waals surface area (Å²) in [5, 5.41) is 0. The van der Waals surface area contributed by atoms with Gasteiger partial charge in [0.1, 0.15) is 0 Å². The van der Waals surface area contributed by atoms with Crippen molar-refractivity contribution in [3.63, 3.8) is 0 Å². The largest absolute Gasteiger partial charge is 0.338 e. The van der Waals surface area contributed by atoms with Crippen molar-refractivity contribution in [2.24, 2.45) is 11.8 Å². The van der Waals surface area contributed by atoms with E-state index in [1.807, 2.05) is 11.9 Å². The van der Waals surface area contributed by atoms with Gasteiger partial charge in [-0.3, -0.25) is 4.79 Å². The molecule has 0 unspecified atom stereocenters. The molecule has 3 aliphatic rings. The predicted octanol–water partition coefficient (Wildman–Crippen LogP) is 2.73. The fourth-order valence-corrected chi connectivity index (χ4v) is 5.66. The highest BCUT2D eigenvalue weighted by Crippen LogP contribution is 2.47. The highest BCUT2D eigenvalue weighted by Gasteiger charge is 2.45. The van der Waals surface area contributed by atoms with Gasteiger partial charge in [0.2, 0.25) is 10.0 Å². The summed E-state index contributed by atoms with van der Waals surface area (Å²) in [6, 6.07) is 6.91. The number of nitrogens with zero attached hydrogens (tertiary/aromatic N) is 2. The number of hydrogen-bond donors (Lipinski definition) is 0. The van der Waals surface area contributed by atoms with E-state index >= 15 is 0 Å². The Labute approximate surface area is 150 Å². The van der Waals surface area contributed by atoms with Gasteiger partial charge in [-0.15, -0.1) is 0 Å². The highest BCUT2D eigenvalue weighted by molar-refractivity contribution is 7.89. The maximum Gasteiger partial charge on any atom is 0.253 e. The first kappa shape index (κ1) is 17.0. The number of benzene rings is 1. The van der Waals surface area contributed by atoms with Crippen LogP contribution in [-0.2, 0) is 10.0 Å². The molecule has 0 aromatic heterocycles. The van der Waals surface area contributed by atoms with Crippen LogP contribution >= 0.6 is 0 Å². The van der Waals surface area contributed by atoms with E-state index in [9.17, 15) is 13.2 Å². The minimum Gasteiger partial charge on any atom is -0.338 e. The van der Waals surface area contributed by atoms with E-state index in [2.05, 4.69) is 0 Å². The van der Waals surface area contributed by atoms with Crippen LogP contribution in [0.15, 0.2) is 29.2 Å². The summed E-state index contributed by atoms with van der Waals surface area (Å²) >= 11 is 0. The minimum absolute atomic E-state index is 0.0535. The van der Waals surface area contributed by atoms with Crippen molar-refractivity contribution in [3.8, 4) is 0 Å². The molecule has 0 bridgehead atoms. The molecule has 2 aliphatic carbocycles. The van der Waals surface area contributed by atoms with Crippen molar-refractivity contribution in [1.82, 2.24) is 9.21 Å². The van der Waals surface area contributed by atoms with Crippen LogP contribution in [0.3, 0.4) is 0 Å². The van der Waals surface area contributed by atoms with Crippen LogP contribution in [0.25, 0.3) is 0 Å². The lowest BCUT2D eigenvalue weighted by molar-refractivity contribution is 0.0689. The second-order valence-electron chi connectivity index (χ2n) is 7.72. The molecule has 6 heteroatoms. The minimum atomic E-state index is -3.49. The van der Waals surface area contributed by atoms with Crippen molar-refractivity contribution in [2.45, 2.75) is 49.5 Å². The summed E-state index contributed by atoms with van der Waals surface area (Å²) in [5.41, 5.74) is 0.481. The van der Waals surface area contributed by atoms with Crippen molar-refractivity contribution >= 4 is 15.9 Å². The van der Waals surface area contributed by atoms with Crippen LogP contribution in [0.1, 0.15) is 48.9 Å². The summed E-state index contributed by atoms with van der Waals surface area (Å²) in [7, 11) is -1.61. The molecule has 1 saturated heterocycles. The zero-order valence-electron chi connectivity index (χ0n) is 14.7. The smallest absolute Gasteiger partial charge is 0.253 e. The monoisotopic (exact) mass is 362 g/mol. The lowest BCUT2D eigenvalue weighted by Gasteiger charge is -2.28. The van der Waals surface area contributed by atoms with Crippen LogP contribution in [0, 0.1) is 11.8 Å². The Kier molecular flexibility index (Phi) is 4.36. The van der Waals surface area contributed by atoms with Crippen LogP contribution in [0.5, 0.6) is 0 Å².